The average molecular weight is 512 g/mol. The summed E-state index contributed by atoms with van der Waals surface area (Å²) >= 11 is 0. The van der Waals surface area contributed by atoms with Gasteiger partial charge in [0.1, 0.15) is 25.0 Å². The number of aldehydes is 1. The summed E-state index contributed by atoms with van der Waals surface area (Å²) in [7, 11) is 0. The van der Waals surface area contributed by atoms with Gasteiger partial charge in [-0.2, -0.15) is 13.2 Å². The molecule has 8 nitrogen and oxygen atoms in total. The summed E-state index contributed by atoms with van der Waals surface area (Å²) in [6, 6.07) is 3.62. The van der Waals surface area contributed by atoms with Gasteiger partial charge in [0.25, 0.3) is 0 Å². The van der Waals surface area contributed by atoms with Crippen molar-refractivity contribution in [2.45, 2.75) is 77.4 Å². The van der Waals surface area contributed by atoms with Crippen molar-refractivity contribution >= 4 is 24.2 Å². The van der Waals surface area contributed by atoms with Crippen LogP contribution in [0.15, 0.2) is 30.3 Å². The van der Waals surface area contributed by atoms with Gasteiger partial charge in [0.05, 0.1) is 11.5 Å². The van der Waals surface area contributed by atoms with Gasteiger partial charge in [0, 0.05) is 6.54 Å². The SMILES string of the molecule is CC(C)(C)C(NC(=O)NC(C(=O)OCc1ccccc1)C1(C(F)(F)F)CC1)C(=O)N1CCCC1C=O. The number of nitrogens with one attached hydrogen (secondary N) is 2. The number of alkyl halides is 3. The molecule has 1 aromatic rings. The van der Waals surface area contributed by atoms with Gasteiger partial charge in [0.2, 0.25) is 5.91 Å². The summed E-state index contributed by atoms with van der Waals surface area (Å²) in [5, 5.41) is 4.61. The van der Waals surface area contributed by atoms with E-state index in [1.807, 2.05) is 0 Å². The summed E-state index contributed by atoms with van der Waals surface area (Å²) in [6.07, 6.45) is -3.62. The molecule has 3 rings (SSSR count). The minimum absolute atomic E-state index is 0.251. The molecule has 1 heterocycles. The molecule has 3 unspecified atom stereocenters. The molecule has 3 atom stereocenters. The predicted octanol–water partition coefficient (Wildman–Crippen LogP) is 3.34. The third kappa shape index (κ3) is 5.99. The number of ether oxygens (including phenoxy) is 1. The predicted molar refractivity (Wildman–Crippen MR) is 123 cm³/mol. The molecule has 1 aromatic carbocycles. The molecular weight excluding hydrogens is 479 g/mol. The van der Waals surface area contributed by atoms with E-state index in [-0.39, 0.29) is 19.4 Å². The Morgan fingerprint density at radius 2 is 1.78 bits per heavy atom. The van der Waals surface area contributed by atoms with Gasteiger partial charge in [-0.1, -0.05) is 51.1 Å². The second-order valence-electron chi connectivity index (χ2n) is 10.5. The molecular formula is C25H32F3N3O5. The molecule has 2 aliphatic rings. The van der Waals surface area contributed by atoms with Crippen LogP contribution >= 0.6 is 0 Å². The number of nitrogens with zero attached hydrogens (tertiary/aromatic N) is 1. The standard InChI is InChI=1S/C25H32F3N3O5/c1-23(2,3)18(20(33)31-13-7-10-17(31)14-32)29-22(35)30-19(24(11-12-24)25(26,27)28)21(34)36-15-16-8-5-4-6-9-16/h4-6,8-9,14,17-19H,7,10-13,15H2,1-3H3,(H2,29,30,35). The van der Waals surface area contributed by atoms with Crippen molar-refractivity contribution < 1.29 is 37.1 Å². The van der Waals surface area contributed by atoms with Gasteiger partial charge in [-0.05, 0) is 36.7 Å². The van der Waals surface area contributed by atoms with E-state index >= 15 is 0 Å². The lowest BCUT2D eigenvalue weighted by Gasteiger charge is -2.35. The van der Waals surface area contributed by atoms with Gasteiger partial charge < -0.3 is 25.1 Å². The molecule has 3 amide bonds. The number of carbonyl (C=O) groups excluding carboxylic acids is 4. The highest BCUT2D eigenvalue weighted by Crippen LogP contribution is 2.60. The first-order chi connectivity index (χ1) is 16.8. The van der Waals surface area contributed by atoms with Crippen molar-refractivity contribution in [3.05, 3.63) is 35.9 Å². The lowest BCUT2D eigenvalue weighted by Crippen LogP contribution is -2.61. The van der Waals surface area contributed by atoms with Crippen LogP contribution < -0.4 is 10.6 Å². The molecule has 0 aromatic heterocycles. The van der Waals surface area contributed by atoms with Crippen LogP contribution in [0.5, 0.6) is 0 Å². The maximum absolute atomic E-state index is 13.9. The van der Waals surface area contributed by atoms with E-state index < -0.39 is 53.0 Å². The fourth-order valence-corrected chi connectivity index (χ4v) is 4.43. The number of esters is 1. The Hall–Kier alpha value is -3.11. The number of hydrogen-bond acceptors (Lipinski definition) is 5. The first-order valence-electron chi connectivity index (χ1n) is 11.9. The summed E-state index contributed by atoms with van der Waals surface area (Å²) in [4.78, 5) is 51.7. The Bertz CT molecular complexity index is 973. The van der Waals surface area contributed by atoms with E-state index in [9.17, 15) is 32.3 Å². The van der Waals surface area contributed by atoms with Crippen LogP contribution in [0.2, 0.25) is 0 Å². The van der Waals surface area contributed by atoms with Crippen molar-refractivity contribution in [3.63, 3.8) is 0 Å². The molecule has 1 aliphatic carbocycles. The van der Waals surface area contributed by atoms with Crippen molar-refractivity contribution in [2.75, 3.05) is 6.54 Å². The first kappa shape index (κ1) is 27.5. The molecule has 198 valence electrons. The maximum Gasteiger partial charge on any atom is 0.397 e. The van der Waals surface area contributed by atoms with Crippen LogP contribution in [-0.4, -0.2) is 59.9 Å². The molecule has 2 N–H and O–H groups in total. The van der Waals surface area contributed by atoms with E-state index in [2.05, 4.69) is 10.6 Å². The van der Waals surface area contributed by atoms with Gasteiger partial charge >= 0.3 is 18.2 Å². The second kappa shape index (κ2) is 10.5. The van der Waals surface area contributed by atoms with Crippen molar-refractivity contribution in [3.8, 4) is 0 Å². The molecule has 11 heteroatoms. The number of benzene rings is 1. The molecule has 1 saturated heterocycles. The lowest BCUT2D eigenvalue weighted by atomic mass is 9.85. The van der Waals surface area contributed by atoms with Crippen LogP contribution in [0.4, 0.5) is 18.0 Å². The van der Waals surface area contributed by atoms with Crippen LogP contribution in [0.1, 0.15) is 52.0 Å². The van der Waals surface area contributed by atoms with E-state index in [1.54, 1.807) is 51.1 Å². The second-order valence-corrected chi connectivity index (χ2v) is 10.5. The zero-order valence-electron chi connectivity index (χ0n) is 20.6. The minimum Gasteiger partial charge on any atom is -0.459 e. The van der Waals surface area contributed by atoms with Crippen molar-refractivity contribution in [1.29, 1.82) is 0 Å². The number of likely N-dealkylation sites (tertiary alicyclic amines) is 1. The van der Waals surface area contributed by atoms with Gasteiger partial charge in [-0.3, -0.25) is 4.79 Å². The summed E-state index contributed by atoms with van der Waals surface area (Å²) in [5.41, 5.74) is -2.67. The van der Waals surface area contributed by atoms with Crippen LogP contribution in [0.3, 0.4) is 0 Å². The third-order valence-corrected chi connectivity index (χ3v) is 6.77. The molecule has 1 saturated carbocycles. The highest BCUT2D eigenvalue weighted by atomic mass is 19.4. The maximum atomic E-state index is 13.9. The smallest absolute Gasteiger partial charge is 0.397 e. The zero-order valence-corrected chi connectivity index (χ0v) is 20.6. The largest absolute Gasteiger partial charge is 0.459 e. The number of rotatable bonds is 8. The van der Waals surface area contributed by atoms with Gasteiger partial charge in [-0.25, -0.2) is 9.59 Å². The Balaban J connectivity index is 1.77. The van der Waals surface area contributed by atoms with Gasteiger partial charge in [0.15, 0.2) is 0 Å². The normalized spacial score (nSPS) is 20.7. The van der Waals surface area contributed by atoms with Crippen LogP contribution in [0.25, 0.3) is 0 Å². The lowest BCUT2D eigenvalue weighted by molar-refractivity contribution is -0.202. The number of halogens is 3. The highest BCUT2D eigenvalue weighted by molar-refractivity contribution is 5.91. The van der Waals surface area contributed by atoms with E-state index in [4.69, 9.17) is 4.74 Å². The zero-order chi connectivity index (χ0) is 26.7. The van der Waals surface area contributed by atoms with Crippen molar-refractivity contribution in [2.24, 2.45) is 10.8 Å². The third-order valence-electron chi connectivity index (χ3n) is 6.77. The number of hydrogen-bond donors (Lipinski definition) is 2. The number of urea groups is 1. The molecule has 0 radical (unpaired) electrons. The molecule has 36 heavy (non-hydrogen) atoms. The van der Waals surface area contributed by atoms with E-state index in [0.29, 0.717) is 31.2 Å². The number of amides is 3. The van der Waals surface area contributed by atoms with Crippen LogP contribution in [0, 0.1) is 10.8 Å². The number of carbonyl (C=O) groups is 4. The molecule has 0 spiro atoms. The Labute approximate surface area is 207 Å². The monoisotopic (exact) mass is 511 g/mol. The Morgan fingerprint density at radius 1 is 1.14 bits per heavy atom. The molecule has 1 aliphatic heterocycles. The average Bonchev–Trinajstić information content (AvgIpc) is 3.49. The minimum atomic E-state index is -4.75. The van der Waals surface area contributed by atoms with Crippen LogP contribution in [-0.2, 0) is 25.7 Å². The fraction of sp³-hybridized carbons (Fsp3) is 0.600. The summed E-state index contributed by atoms with van der Waals surface area (Å²) < 4.78 is 46.9. The Morgan fingerprint density at radius 3 is 2.31 bits per heavy atom. The summed E-state index contributed by atoms with van der Waals surface area (Å²) in [6.45, 7) is 5.14. The van der Waals surface area contributed by atoms with E-state index in [0.717, 1.165) is 0 Å². The van der Waals surface area contributed by atoms with Crippen molar-refractivity contribution in [1.82, 2.24) is 15.5 Å². The van der Waals surface area contributed by atoms with E-state index in [1.165, 1.54) is 4.90 Å². The van der Waals surface area contributed by atoms with Gasteiger partial charge in [-0.15, -0.1) is 0 Å². The summed E-state index contributed by atoms with van der Waals surface area (Å²) in [5.74, 6) is -1.71. The molecule has 2 fully saturated rings. The molecule has 0 bridgehead atoms. The fourth-order valence-electron chi connectivity index (χ4n) is 4.43. The Kier molecular flexibility index (Phi) is 8.00. The quantitative estimate of drug-likeness (QED) is 0.412. The first-order valence-corrected chi connectivity index (χ1v) is 11.9. The highest BCUT2D eigenvalue weighted by Gasteiger charge is 2.70. The topological polar surface area (TPSA) is 105 Å².